The number of aromatic nitrogens is 2. The molecule has 43 heavy (non-hydrogen) atoms. The summed E-state index contributed by atoms with van der Waals surface area (Å²) in [5.74, 6) is -1.36. The molecule has 2 aromatic rings. The second-order valence-corrected chi connectivity index (χ2v) is 12.3. The number of likely N-dealkylation sites (tertiary alicyclic amines) is 1. The third-order valence-electron chi connectivity index (χ3n) is 7.95. The van der Waals surface area contributed by atoms with Gasteiger partial charge in [0.15, 0.2) is 0 Å². The molecule has 3 aliphatic heterocycles. The number of halogens is 5. The van der Waals surface area contributed by atoms with Crippen LogP contribution < -0.4 is 5.32 Å². The Morgan fingerprint density at radius 3 is 2.53 bits per heavy atom. The van der Waals surface area contributed by atoms with Gasteiger partial charge >= 0.3 is 12.3 Å². The highest BCUT2D eigenvalue weighted by molar-refractivity contribution is 5.94. The van der Waals surface area contributed by atoms with Crippen LogP contribution >= 0.6 is 0 Å². The highest BCUT2D eigenvalue weighted by atomic mass is 19.4. The van der Waals surface area contributed by atoms with E-state index in [9.17, 15) is 22.8 Å². The molecule has 3 atom stereocenters. The number of ether oxygens (including phenoxy) is 2. The van der Waals surface area contributed by atoms with Crippen molar-refractivity contribution in [2.45, 2.75) is 83.0 Å². The number of hydrogen-bond donors (Lipinski definition) is 1. The van der Waals surface area contributed by atoms with Crippen LogP contribution in [0.1, 0.15) is 68.4 Å². The smallest absolute Gasteiger partial charge is 0.419 e. The molecule has 1 N–H and O–H groups in total. The van der Waals surface area contributed by atoms with Crippen molar-refractivity contribution in [2.24, 2.45) is 0 Å². The molecule has 1 spiro atoms. The monoisotopic (exact) mass is 611 g/mol. The fourth-order valence-corrected chi connectivity index (χ4v) is 5.92. The van der Waals surface area contributed by atoms with Gasteiger partial charge in [0.1, 0.15) is 34.6 Å². The average Bonchev–Trinajstić information content (AvgIpc) is 2.86. The summed E-state index contributed by atoms with van der Waals surface area (Å²) in [6.07, 6.45) is -6.71. The number of aryl methyl sites for hydroxylation is 1. The fraction of sp³-hybridized carbons (Fsp3) is 0.586. The Morgan fingerprint density at radius 2 is 1.91 bits per heavy atom. The van der Waals surface area contributed by atoms with Gasteiger partial charge in [-0.05, 0) is 47.1 Å². The first-order valence-corrected chi connectivity index (χ1v) is 14.0. The maximum absolute atomic E-state index is 15.1. The van der Waals surface area contributed by atoms with Gasteiger partial charge in [-0.1, -0.05) is 12.1 Å². The molecular weight excluding hydrogens is 577 g/mol. The third-order valence-corrected chi connectivity index (χ3v) is 7.95. The second-order valence-electron chi connectivity index (χ2n) is 12.3. The van der Waals surface area contributed by atoms with E-state index in [0.29, 0.717) is 17.3 Å². The lowest BCUT2D eigenvalue weighted by Gasteiger charge is -2.54. The van der Waals surface area contributed by atoms with E-state index in [4.69, 9.17) is 9.47 Å². The molecule has 1 aromatic carbocycles. The van der Waals surface area contributed by atoms with E-state index in [1.54, 1.807) is 27.7 Å². The van der Waals surface area contributed by atoms with Gasteiger partial charge in [-0.15, -0.1) is 0 Å². The van der Waals surface area contributed by atoms with E-state index in [-0.39, 0.29) is 56.5 Å². The fourth-order valence-electron chi connectivity index (χ4n) is 5.92. The SMILES string of the molecule is Cc1nc(N[C@H](C)c2cccc(C(F)(F)F)c2F)c2c(n1)C1(CN(C(=O)OC(C)(C)C)C1)C(=O)N([C@@H]1CCOC[C@@H]1F)C2. The molecule has 234 valence electrons. The van der Waals surface area contributed by atoms with Crippen LogP contribution in [0.2, 0.25) is 0 Å². The molecule has 0 aliphatic carbocycles. The van der Waals surface area contributed by atoms with Crippen molar-refractivity contribution < 1.29 is 41.0 Å². The van der Waals surface area contributed by atoms with Gasteiger partial charge in [-0.3, -0.25) is 4.79 Å². The molecule has 0 saturated carbocycles. The van der Waals surface area contributed by atoms with Gasteiger partial charge in [-0.25, -0.2) is 23.5 Å². The van der Waals surface area contributed by atoms with Gasteiger partial charge in [0.2, 0.25) is 5.91 Å². The quantitative estimate of drug-likeness (QED) is 0.482. The molecule has 5 rings (SSSR count). The van der Waals surface area contributed by atoms with Crippen molar-refractivity contribution in [1.29, 1.82) is 0 Å². The molecule has 0 bridgehead atoms. The molecule has 0 unspecified atom stereocenters. The topological polar surface area (TPSA) is 96.9 Å². The van der Waals surface area contributed by atoms with Crippen molar-refractivity contribution >= 4 is 17.8 Å². The zero-order valence-electron chi connectivity index (χ0n) is 24.5. The predicted molar refractivity (Wildman–Crippen MR) is 144 cm³/mol. The molecule has 2 amide bonds. The van der Waals surface area contributed by atoms with Crippen molar-refractivity contribution in [3.8, 4) is 0 Å². The van der Waals surface area contributed by atoms with E-state index in [1.165, 1.54) is 22.8 Å². The summed E-state index contributed by atoms with van der Waals surface area (Å²) < 4.78 is 81.1. The molecule has 0 radical (unpaired) electrons. The number of fused-ring (bicyclic) bond motifs is 2. The lowest BCUT2D eigenvalue weighted by atomic mass is 9.71. The van der Waals surface area contributed by atoms with Crippen LogP contribution in [-0.2, 0) is 32.4 Å². The lowest BCUT2D eigenvalue weighted by Crippen LogP contribution is -2.72. The van der Waals surface area contributed by atoms with Crippen LogP contribution in [0.5, 0.6) is 0 Å². The number of alkyl halides is 4. The Morgan fingerprint density at radius 1 is 1.21 bits per heavy atom. The summed E-state index contributed by atoms with van der Waals surface area (Å²) in [7, 11) is 0. The Kier molecular flexibility index (Phi) is 7.81. The van der Waals surface area contributed by atoms with E-state index in [1.807, 2.05) is 0 Å². The second kappa shape index (κ2) is 10.9. The van der Waals surface area contributed by atoms with Crippen LogP contribution in [-0.4, -0.2) is 75.9 Å². The zero-order valence-corrected chi connectivity index (χ0v) is 24.5. The lowest BCUT2D eigenvalue weighted by molar-refractivity contribution is -0.154. The standard InChI is InChI=1S/C29H34F5N5O4/c1-15(17-7-6-8-19(22(17)31)29(32,33)34)35-24-18-11-39(21-9-10-42-12-20(21)30)25(40)28(23(18)36-16(2)37-24)13-38(14-28)26(41)43-27(3,4)5/h6-8,15,20-21H,9-14H2,1-5H3,(H,35,36,37)/t15-,20+,21-/m1/s1. The number of carbonyl (C=O) groups excluding carboxylic acids is 2. The largest absolute Gasteiger partial charge is 0.444 e. The summed E-state index contributed by atoms with van der Waals surface area (Å²) >= 11 is 0. The normalized spacial score (nSPS) is 22.6. The van der Waals surface area contributed by atoms with Crippen molar-refractivity contribution in [2.75, 3.05) is 31.6 Å². The molecule has 2 fully saturated rings. The summed E-state index contributed by atoms with van der Waals surface area (Å²) in [5.41, 5.74) is -2.95. The minimum absolute atomic E-state index is 0.0713. The third kappa shape index (κ3) is 5.73. The van der Waals surface area contributed by atoms with Crippen LogP contribution in [0.15, 0.2) is 18.2 Å². The highest BCUT2D eigenvalue weighted by Crippen LogP contribution is 2.45. The van der Waals surface area contributed by atoms with Crippen LogP contribution in [0.3, 0.4) is 0 Å². The number of carbonyl (C=O) groups is 2. The zero-order chi connectivity index (χ0) is 31.5. The summed E-state index contributed by atoms with van der Waals surface area (Å²) in [6, 6.07) is 1.26. The Balaban J connectivity index is 1.54. The summed E-state index contributed by atoms with van der Waals surface area (Å²) in [5, 5.41) is 3.03. The van der Waals surface area contributed by atoms with Gasteiger partial charge < -0.3 is 24.6 Å². The molecule has 4 heterocycles. The molecule has 14 heteroatoms. The van der Waals surface area contributed by atoms with E-state index < -0.39 is 58.8 Å². The molecule has 2 saturated heterocycles. The van der Waals surface area contributed by atoms with Crippen LogP contribution in [0, 0.1) is 12.7 Å². The number of hydrogen-bond acceptors (Lipinski definition) is 7. The van der Waals surface area contributed by atoms with E-state index in [0.717, 1.165) is 6.07 Å². The molecule has 3 aliphatic rings. The van der Waals surface area contributed by atoms with Crippen LogP contribution in [0.4, 0.5) is 32.6 Å². The predicted octanol–water partition coefficient (Wildman–Crippen LogP) is 5.07. The number of benzene rings is 1. The first-order chi connectivity index (χ1) is 20.0. The molecule has 1 aromatic heterocycles. The minimum Gasteiger partial charge on any atom is -0.444 e. The van der Waals surface area contributed by atoms with Gasteiger partial charge in [0.25, 0.3) is 0 Å². The van der Waals surface area contributed by atoms with E-state index in [2.05, 4.69) is 15.3 Å². The Hall–Kier alpha value is -3.55. The Labute approximate surface area is 245 Å². The maximum Gasteiger partial charge on any atom is 0.419 e. The van der Waals surface area contributed by atoms with Crippen molar-refractivity contribution in [1.82, 2.24) is 19.8 Å². The average molecular weight is 612 g/mol. The first kappa shape index (κ1) is 30.9. The van der Waals surface area contributed by atoms with Gasteiger partial charge in [0.05, 0.1) is 36.5 Å². The van der Waals surface area contributed by atoms with Crippen molar-refractivity contribution in [3.05, 3.63) is 52.2 Å². The number of nitrogens with zero attached hydrogens (tertiary/aromatic N) is 4. The van der Waals surface area contributed by atoms with Gasteiger partial charge in [-0.2, -0.15) is 13.2 Å². The van der Waals surface area contributed by atoms with Crippen LogP contribution in [0.25, 0.3) is 0 Å². The number of amides is 2. The summed E-state index contributed by atoms with van der Waals surface area (Å²) in [6.45, 7) is 8.08. The number of anilines is 1. The number of rotatable bonds is 4. The van der Waals surface area contributed by atoms with Crippen molar-refractivity contribution in [3.63, 3.8) is 0 Å². The molecular formula is C29H34F5N5O4. The first-order valence-electron chi connectivity index (χ1n) is 14.0. The Bertz CT molecular complexity index is 1420. The molecule has 9 nitrogen and oxygen atoms in total. The summed E-state index contributed by atoms with van der Waals surface area (Å²) in [4.78, 5) is 38.8. The van der Waals surface area contributed by atoms with E-state index >= 15 is 8.78 Å². The van der Waals surface area contributed by atoms with Gasteiger partial charge in [0, 0.05) is 30.8 Å². The minimum atomic E-state index is -4.88. The maximum atomic E-state index is 15.1. The highest BCUT2D eigenvalue weighted by Gasteiger charge is 2.60. The number of nitrogens with one attached hydrogen (secondary N) is 1.